The number of hydrogen-bond donors (Lipinski definition) is 0. The molecule has 1 aliphatic rings. The van der Waals surface area contributed by atoms with E-state index in [2.05, 4.69) is 61.9 Å². The molecule has 0 bridgehead atoms. The minimum absolute atomic E-state index is 0.271. The van der Waals surface area contributed by atoms with Gasteiger partial charge in [0.1, 0.15) is 17.5 Å². The summed E-state index contributed by atoms with van der Waals surface area (Å²) in [7, 11) is 2.06. The van der Waals surface area contributed by atoms with E-state index < -0.39 is 0 Å². The van der Waals surface area contributed by atoms with Crippen LogP contribution in [-0.4, -0.2) is 39.0 Å². The second-order valence-corrected chi connectivity index (χ2v) is 6.11. The van der Waals surface area contributed by atoms with Crippen LogP contribution in [0, 0.1) is 0 Å². The lowest BCUT2D eigenvalue weighted by atomic mass is 10.1. The Balaban J connectivity index is 1.39. The maximum atomic E-state index is 6.28. The van der Waals surface area contributed by atoms with E-state index in [9.17, 15) is 0 Å². The largest absolute Gasteiger partial charge is 0.490 e. The van der Waals surface area contributed by atoms with Gasteiger partial charge in [-0.3, -0.25) is 4.90 Å². The van der Waals surface area contributed by atoms with Crippen LogP contribution in [0.1, 0.15) is 18.5 Å². The van der Waals surface area contributed by atoms with Crippen molar-refractivity contribution in [3.05, 3.63) is 42.4 Å². The predicted molar refractivity (Wildman–Crippen MR) is 86.1 cm³/mol. The van der Waals surface area contributed by atoms with Crippen LogP contribution >= 0.6 is 0 Å². The summed E-state index contributed by atoms with van der Waals surface area (Å²) in [6.45, 7) is 2.80. The molecule has 0 amide bonds. The third-order valence-corrected chi connectivity index (χ3v) is 4.51. The third kappa shape index (κ3) is 2.94. The lowest BCUT2D eigenvalue weighted by Crippen LogP contribution is -2.37. The zero-order valence-electron chi connectivity index (χ0n) is 13.2. The van der Waals surface area contributed by atoms with Crippen LogP contribution in [0.5, 0.6) is 5.75 Å². The van der Waals surface area contributed by atoms with Gasteiger partial charge in [0.05, 0.1) is 11.7 Å². The highest BCUT2D eigenvalue weighted by Crippen LogP contribution is 2.28. The second kappa shape index (κ2) is 6.04. The molecule has 0 N–H and O–H groups in total. The van der Waals surface area contributed by atoms with Gasteiger partial charge in [0.15, 0.2) is 0 Å². The molecule has 1 fully saturated rings. The van der Waals surface area contributed by atoms with Crippen LogP contribution in [-0.2, 0) is 13.6 Å². The van der Waals surface area contributed by atoms with Crippen molar-refractivity contribution in [2.75, 3.05) is 13.1 Å². The summed E-state index contributed by atoms with van der Waals surface area (Å²) in [5.41, 5.74) is 2.09. The number of aromatic nitrogens is 3. The Morgan fingerprint density at radius 2 is 2.13 bits per heavy atom. The van der Waals surface area contributed by atoms with Crippen LogP contribution in [0.15, 0.2) is 41.3 Å². The van der Waals surface area contributed by atoms with E-state index in [-0.39, 0.29) is 6.10 Å². The van der Waals surface area contributed by atoms with Crippen molar-refractivity contribution in [3.8, 4) is 5.75 Å². The van der Waals surface area contributed by atoms with E-state index >= 15 is 0 Å². The molecule has 3 aromatic rings. The molecule has 0 aliphatic carbocycles. The molecule has 0 atom stereocenters. The number of rotatable bonds is 4. The van der Waals surface area contributed by atoms with Crippen LogP contribution in [0.25, 0.3) is 10.9 Å². The SMILES string of the molecule is Cn1ccc2c(OC3CCN(Cc4cnon4)CC3)cccc21. The maximum absolute atomic E-state index is 6.28. The van der Waals surface area contributed by atoms with Gasteiger partial charge in [0, 0.05) is 38.3 Å². The molecule has 2 aromatic heterocycles. The van der Waals surface area contributed by atoms with E-state index in [0.717, 1.165) is 43.9 Å². The minimum atomic E-state index is 0.271. The lowest BCUT2D eigenvalue weighted by molar-refractivity contribution is 0.0965. The minimum Gasteiger partial charge on any atom is -0.490 e. The van der Waals surface area contributed by atoms with Gasteiger partial charge in [-0.15, -0.1) is 0 Å². The molecule has 0 unspecified atom stereocenters. The Morgan fingerprint density at radius 1 is 1.26 bits per heavy atom. The Hall–Kier alpha value is -2.34. The van der Waals surface area contributed by atoms with Crippen molar-refractivity contribution < 1.29 is 9.37 Å². The van der Waals surface area contributed by atoms with Crippen molar-refractivity contribution in [3.63, 3.8) is 0 Å². The molecule has 0 spiro atoms. The zero-order valence-corrected chi connectivity index (χ0v) is 13.2. The maximum Gasteiger partial charge on any atom is 0.129 e. The molecule has 1 aliphatic heterocycles. The number of fused-ring (bicyclic) bond motifs is 1. The monoisotopic (exact) mass is 312 g/mol. The number of nitrogens with zero attached hydrogens (tertiary/aromatic N) is 4. The summed E-state index contributed by atoms with van der Waals surface area (Å²) >= 11 is 0. The topological polar surface area (TPSA) is 56.3 Å². The fraction of sp³-hybridized carbons (Fsp3) is 0.412. The van der Waals surface area contributed by atoms with E-state index in [0.29, 0.717) is 0 Å². The molecule has 4 rings (SSSR count). The van der Waals surface area contributed by atoms with Crippen LogP contribution in [0.4, 0.5) is 0 Å². The fourth-order valence-corrected chi connectivity index (χ4v) is 3.22. The number of piperidine rings is 1. The van der Waals surface area contributed by atoms with Gasteiger partial charge >= 0.3 is 0 Å². The average Bonchev–Trinajstić information content (AvgIpc) is 3.20. The summed E-state index contributed by atoms with van der Waals surface area (Å²) in [5, 5.41) is 8.71. The molecule has 0 radical (unpaired) electrons. The van der Waals surface area contributed by atoms with Crippen LogP contribution < -0.4 is 4.74 Å². The quantitative estimate of drug-likeness (QED) is 0.741. The van der Waals surface area contributed by atoms with Gasteiger partial charge in [-0.05, 0) is 31.0 Å². The van der Waals surface area contributed by atoms with E-state index in [4.69, 9.17) is 4.74 Å². The summed E-state index contributed by atoms with van der Waals surface area (Å²) < 4.78 is 13.0. The molecular formula is C17H20N4O2. The zero-order chi connectivity index (χ0) is 15.6. The molecular weight excluding hydrogens is 292 g/mol. The Bertz CT molecular complexity index is 773. The normalized spacial score (nSPS) is 16.9. The van der Waals surface area contributed by atoms with E-state index in [1.54, 1.807) is 6.20 Å². The van der Waals surface area contributed by atoms with Crippen molar-refractivity contribution in [2.45, 2.75) is 25.5 Å². The van der Waals surface area contributed by atoms with Crippen LogP contribution in [0.3, 0.4) is 0 Å². The number of hydrogen-bond acceptors (Lipinski definition) is 5. The first-order chi connectivity index (χ1) is 11.3. The van der Waals surface area contributed by atoms with Gasteiger partial charge in [0.25, 0.3) is 0 Å². The molecule has 1 aromatic carbocycles. The Morgan fingerprint density at radius 3 is 2.91 bits per heavy atom. The lowest BCUT2D eigenvalue weighted by Gasteiger charge is -2.31. The first-order valence-corrected chi connectivity index (χ1v) is 7.99. The van der Waals surface area contributed by atoms with Gasteiger partial charge in [0.2, 0.25) is 0 Å². The van der Waals surface area contributed by atoms with Gasteiger partial charge in [-0.2, -0.15) is 0 Å². The fourth-order valence-electron chi connectivity index (χ4n) is 3.22. The number of ether oxygens (including phenoxy) is 1. The highest BCUT2D eigenvalue weighted by atomic mass is 16.6. The van der Waals surface area contributed by atoms with Crippen molar-refractivity contribution >= 4 is 10.9 Å². The predicted octanol–water partition coefficient (Wildman–Crippen LogP) is 2.60. The summed E-state index contributed by atoms with van der Waals surface area (Å²) in [6, 6.07) is 8.37. The van der Waals surface area contributed by atoms with E-state index in [1.165, 1.54) is 10.9 Å². The highest BCUT2D eigenvalue weighted by molar-refractivity contribution is 5.86. The number of benzene rings is 1. The van der Waals surface area contributed by atoms with Gasteiger partial charge in [-0.25, -0.2) is 4.63 Å². The first kappa shape index (κ1) is 14.3. The Kier molecular flexibility index (Phi) is 3.75. The average molecular weight is 312 g/mol. The summed E-state index contributed by atoms with van der Waals surface area (Å²) in [4.78, 5) is 2.36. The first-order valence-electron chi connectivity index (χ1n) is 7.99. The molecule has 0 saturated carbocycles. The molecule has 6 nitrogen and oxygen atoms in total. The molecule has 1 saturated heterocycles. The van der Waals surface area contributed by atoms with E-state index in [1.807, 2.05) is 0 Å². The number of aryl methyl sites for hydroxylation is 1. The molecule has 6 heteroatoms. The molecule has 23 heavy (non-hydrogen) atoms. The summed E-state index contributed by atoms with van der Waals surface area (Å²) in [5.74, 6) is 0.988. The highest BCUT2D eigenvalue weighted by Gasteiger charge is 2.22. The molecule has 3 heterocycles. The van der Waals surface area contributed by atoms with Crippen molar-refractivity contribution in [1.29, 1.82) is 0 Å². The third-order valence-electron chi connectivity index (χ3n) is 4.51. The van der Waals surface area contributed by atoms with Crippen molar-refractivity contribution in [1.82, 2.24) is 19.8 Å². The number of likely N-dealkylation sites (tertiary alicyclic amines) is 1. The Labute approximate surface area is 134 Å². The van der Waals surface area contributed by atoms with Gasteiger partial charge < -0.3 is 9.30 Å². The smallest absolute Gasteiger partial charge is 0.129 e. The van der Waals surface area contributed by atoms with Crippen LogP contribution in [0.2, 0.25) is 0 Å². The standard InChI is InChI=1S/C17H20N4O2/c1-20-8-7-15-16(20)3-2-4-17(15)22-14-5-9-21(10-6-14)12-13-11-18-23-19-13/h2-4,7-8,11,14H,5-6,9-10,12H2,1H3. The summed E-state index contributed by atoms with van der Waals surface area (Å²) in [6.07, 6.45) is 6.07. The molecule has 120 valence electrons. The second-order valence-electron chi connectivity index (χ2n) is 6.11. The van der Waals surface area contributed by atoms with Gasteiger partial charge in [-0.1, -0.05) is 16.4 Å². The van der Waals surface area contributed by atoms with Crippen molar-refractivity contribution in [2.24, 2.45) is 7.05 Å².